The van der Waals surface area contributed by atoms with Gasteiger partial charge in [0.05, 0.1) is 12.2 Å². The second-order valence-corrected chi connectivity index (χ2v) is 9.84. The largest absolute Gasteiger partial charge is 0.508 e. The number of phenolic OH excluding ortho intramolecular Hbond substituents is 1. The Bertz CT molecular complexity index is 669. The number of benzene rings is 1. The minimum atomic E-state index is -0.223. The molecule has 2 aliphatic carbocycles. The van der Waals surface area contributed by atoms with Crippen LogP contribution in [0, 0.1) is 17.8 Å². The number of aliphatic hydroxyl groups excluding tert-OH is 1. The molecule has 4 heteroatoms. The van der Waals surface area contributed by atoms with E-state index in [-0.39, 0.29) is 18.5 Å². The molecule has 1 aromatic rings. The van der Waals surface area contributed by atoms with Crippen molar-refractivity contribution < 1.29 is 19.7 Å². The van der Waals surface area contributed by atoms with E-state index in [9.17, 15) is 10.2 Å². The van der Waals surface area contributed by atoms with Gasteiger partial charge in [-0.1, -0.05) is 38.3 Å². The summed E-state index contributed by atoms with van der Waals surface area (Å²) in [7, 11) is 0. The number of unbranched alkanes of at least 4 members (excludes halogenated alkanes) is 2. The molecular weight excluding hydrogens is 376 g/mol. The maximum atomic E-state index is 10.9. The molecule has 0 amide bonds. The summed E-state index contributed by atoms with van der Waals surface area (Å²) in [6.45, 7) is 3.07. The summed E-state index contributed by atoms with van der Waals surface area (Å²) in [6, 6.07) is 5.91. The molecule has 6 unspecified atom stereocenters. The lowest BCUT2D eigenvalue weighted by atomic mass is 9.73. The van der Waals surface area contributed by atoms with Crippen molar-refractivity contribution in [3.63, 3.8) is 0 Å². The Hall–Kier alpha value is -1.10. The molecule has 0 radical (unpaired) electrons. The number of aromatic hydroxyl groups is 1. The molecule has 1 aliphatic heterocycles. The summed E-state index contributed by atoms with van der Waals surface area (Å²) in [4.78, 5) is 0. The maximum Gasteiger partial charge on any atom is 0.157 e. The SMILES string of the molecule is CCCCCC(CCC1C(O)CC2Cc3c(O)cccc3CC21)OC1CCCCO1. The minimum Gasteiger partial charge on any atom is -0.508 e. The average molecular weight is 417 g/mol. The van der Waals surface area contributed by atoms with E-state index in [1.165, 1.54) is 31.2 Å². The van der Waals surface area contributed by atoms with Crippen molar-refractivity contribution in [1.29, 1.82) is 0 Å². The zero-order chi connectivity index (χ0) is 20.9. The minimum absolute atomic E-state index is 0.0313. The molecular formula is C26H40O4. The van der Waals surface area contributed by atoms with Gasteiger partial charge in [0.15, 0.2) is 6.29 Å². The lowest BCUT2D eigenvalue weighted by molar-refractivity contribution is -0.191. The van der Waals surface area contributed by atoms with Crippen LogP contribution in [0.3, 0.4) is 0 Å². The molecule has 1 saturated heterocycles. The van der Waals surface area contributed by atoms with E-state index in [2.05, 4.69) is 13.0 Å². The molecule has 2 fully saturated rings. The Morgan fingerprint density at radius 2 is 2.07 bits per heavy atom. The van der Waals surface area contributed by atoms with Crippen LogP contribution in [-0.2, 0) is 22.3 Å². The first-order valence-electron chi connectivity index (χ1n) is 12.4. The normalized spacial score (nSPS) is 31.9. The zero-order valence-electron chi connectivity index (χ0n) is 18.6. The van der Waals surface area contributed by atoms with Crippen molar-refractivity contribution >= 4 is 0 Å². The molecule has 3 aliphatic rings. The van der Waals surface area contributed by atoms with Crippen LogP contribution in [0.4, 0.5) is 0 Å². The van der Waals surface area contributed by atoms with Crippen molar-refractivity contribution in [2.75, 3.05) is 6.61 Å². The van der Waals surface area contributed by atoms with Gasteiger partial charge in [0.25, 0.3) is 0 Å². The molecule has 0 bridgehead atoms. The number of rotatable bonds is 9. The third kappa shape index (κ3) is 5.20. The first-order valence-corrected chi connectivity index (χ1v) is 12.4. The monoisotopic (exact) mass is 416 g/mol. The van der Waals surface area contributed by atoms with Crippen molar-refractivity contribution in [3.8, 4) is 5.75 Å². The van der Waals surface area contributed by atoms with Crippen LogP contribution in [0.2, 0.25) is 0 Å². The third-order valence-corrected chi connectivity index (χ3v) is 7.80. The molecule has 0 aromatic heterocycles. The predicted octanol–water partition coefficient (Wildman–Crippen LogP) is 5.38. The summed E-state index contributed by atoms with van der Waals surface area (Å²) in [5.74, 6) is 1.79. The van der Waals surface area contributed by atoms with Crippen LogP contribution < -0.4 is 0 Å². The van der Waals surface area contributed by atoms with Gasteiger partial charge >= 0.3 is 0 Å². The summed E-state index contributed by atoms with van der Waals surface area (Å²) < 4.78 is 12.3. The molecule has 1 heterocycles. The zero-order valence-corrected chi connectivity index (χ0v) is 18.6. The second-order valence-electron chi connectivity index (χ2n) is 9.84. The van der Waals surface area contributed by atoms with Gasteiger partial charge in [-0.2, -0.15) is 0 Å². The highest BCUT2D eigenvalue weighted by atomic mass is 16.7. The van der Waals surface area contributed by atoms with Crippen molar-refractivity contribution in [1.82, 2.24) is 0 Å². The van der Waals surface area contributed by atoms with Crippen molar-refractivity contribution in [2.24, 2.45) is 17.8 Å². The molecule has 2 N–H and O–H groups in total. The van der Waals surface area contributed by atoms with E-state index in [4.69, 9.17) is 9.47 Å². The smallest absolute Gasteiger partial charge is 0.157 e. The van der Waals surface area contributed by atoms with Gasteiger partial charge in [-0.05, 0) is 92.7 Å². The Balaban J connectivity index is 1.37. The van der Waals surface area contributed by atoms with Gasteiger partial charge in [-0.15, -0.1) is 0 Å². The summed E-state index contributed by atoms with van der Waals surface area (Å²) >= 11 is 0. The van der Waals surface area contributed by atoms with Gasteiger partial charge < -0.3 is 19.7 Å². The second kappa shape index (κ2) is 10.5. The quantitative estimate of drug-likeness (QED) is 0.531. The lowest BCUT2D eigenvalue weighted by Crippen LogP contribution is -2.30. The number of hydrogen-bond acceptors (Lipinski definition) is 4. The van der Waals surface area contributed by atoms with E-state index in [0.29, 0.717) is 23.5 Å². The fourth-order valence-electron chi connectivity index (χ4n) is 6.13. The van der Waals surface area contributed by atoms with Crippen molar-refractivity contribution in [2.45, 2.75) is 102 Å². The first-order chi connectivity index (χ1) is 14.7. The highest BCUT2D eigenvalue weighted by Crippen LogP contribution is 2.48. The van der Waals surface area contributed by atoms with E-state index < -0.39 is 0 Å². The summed E-state index contributed by atoms with van der Waals surface area (Å²) in [5, 5.41) is 21.1. The van der Waals surface area contributed by atoms with Crippen LogP contribution >= 0.6 is 0 Å². The van der Waals surface area contributed by atoms with Crippen LogP contribution in [0.5, 0.6) is 5.75 Å². The number of ether oxygens (including phenoxy) is 2. The third-order valence-electron chi connectivity index (χ3n) is 7.80. The first kappa shape index (κ1) is 22.1. The predicted molar refractivity (Wildman–Crippen MR) is 118 cm³/mol. The lowest BCUT2D eigenvalue weighted by Gasteiger charge is -2.33. The summed E-state index contributed by atoms with van der Waals surface area (Å²) in [6.07, 6.45) is 12.9. The summed E-state index contributed by atoms with van der Waals surface area (Å²) in [5.41, 5.74) is 2.39. The maximum absolute atomic E-state index is 10.9. The Labute approximate surface area is 182 Å². The highest BCUT2D eigenvalue weighted by Gasteiger charge is 2.44. The van der Waals surface area contributed by atoms with Gasteiger partial charge in [0, 0.05) is 6.61 Å². The molecule has 4 nitrogen and oxygen atoms in total. The fourth-order valence-corrected chi connectivity index (χ4v) is 6.13. The van der Waals surface area contributed by atoms with Gasteiger partial charge in [-0.25, -0.2) is 0 Å². The molecule has 1 saturated carbocycles. The Morgan fingerprint density at radius 1 is 1.17 bits per heavy atom. The number of hydrogen-bond donors (Lipinski definition) is 2. The molecule has 168 valence electrons. The van der Waals surface area contributed by atoms with Gasteiger partial charge in [-0.3, -0.25) is 0 Å². The molecule has 30 heavy (non-hydrogen) atoms. The van der Waals surface area contributed by atoms with Gasteiger partial charge in [0.2, 0.25) is 0 Å². The highest BCUT2D eigenvalue weighted by molar-refractivity contribution is 5.42. The van der Waals surface area contributed by atoms with Gasteiger partial charge in [0.1, 0.15) is 5.75 Å². The van der Waals surface area contributed by atoms with E-state index in [1.54, 1.807) is 6.07 Å². The fraction of sp³-hybridized carbons (Fsp3) is 0.769. The Kier molecular flexibility index (Phi) is 7.72. The standard InChI is InChI=1S/C26H40O4/c1-2-3-4-9-20(30-26-11-5-6-14-29-26)12-13-21-22-15-18-8-7-10-24(27)23(18)16-19(22)17-25(21)28/h7-8,10,19-22,25-28H,2-6,9,11-17H2,1H3. The molecule has 1 aromatic carbocycles. The van der Waals surface area contributed by atoms with Crippen LogP contribution in [0.25, 0.3) is 0 Å². The van der Waals surface area contributed by atoms with Crippen LogP contribution in [0.15, 0.2) is 18.2 Å². The number of aliphatic hydroxyl groups is 1. The molecule has 4 rings (SSSR count). The van der Waals surface area contributed by atoms with E-state index in [1.807, 2.05) is 6.07 Å². The average Bonchev–Trinajstić information content (AvgIpc) is 3.06. The van der Waals surface area contributed by atoms with E-state index >= 15 is 0 Å². The molecule has 6 atom stereocenters. The van der Waals surface area contributed by atoms with E-state index in [0.717, 1.165) is 63.5 Å². The number of phenols is 1. The Morgan fingerprint density at radius 3 is 2.87 bits per heavy atom. The van der Waals surface area contributed by atoms with Crippen LogP contribution in [-0.4, -0.2) is 35.3 Å². The van der Waals surface area contributed by atoms with Crippen LogP contribution in [0.1, 0.15) is 82.3 Å². The topological polar surface area (TPSA) is 58.9 Å². The molecule has 0 spiro atoms. The van der Waals surface area contributed by atoms with Crippen molar-refractivity contribution in [3.05, 3.63) is 29.3 Å². The number of fused-ring (bicyclic) bond motifs is 2.